The molecule has 9 aromatic carbocycles. The van der Waals surface area contributed by atoms with Crippen LogP contribution in [0.3, 0.4) is 0 Å². The summed E-state index contributed by atoms with van der Waals surface area (Å²) in [7, 11) is -6.77. The van der Waals surface area contributed by atoms with Crippen molar-refractivity contribution in [1.82, 2.24) is 4.57 Å². The van der Waals surface area contributed by atoms with E-state index in [-0.39, 0.29) is 0 Å². The summed E-state index contributed by atoms with van der Waals surface area (Å²) in [5.41, 5.74) is -7.83. The lowest BCUT2D eigenvalue weighted by atomic mass is 9.50. The zero-order valence-corrected chi connectivity index (χ0v) is 30.3. The molecule has 0 atom stereocenters. The zero-order valence-electron chi connectivity index (χ0n) is 65.3. The van der Waals surface area contributed by atoms with Gasteiger partial charge < -0.3 is 14.0 Å². The molecule has 12 rings (SSSR count). The number of aromatic nitrogens is 1. The Hall–Kier alpha value is -7.34. The maximum atomic E-state index is 10.5. The molecule has 0 radical (unpaired) electrons. The Morgan fingerprint density at radius 3 is 1.64 bits per heavy atom. The second kappa shape index (κ2) is 13.4. The number of ether oxygens (including phenoxy) is 1. The van der Waals surface area contributed by atoms with E-state index in [1.54, 1.807) is 0 Å². The Kier molecular flexibility index (Phi) is 3.09. The Bertz CT molecular complexity index is 5030. The number of benzene rings is 9. The summed E-state index contributed by atoms with van der Waals surface area (Å²) in [6.07, 6.45) is 0. The SMILES string of the molecule is [2H]c1c([2H])c([2H])c([Si](c2c([2H])c([2H])c([2H])c([2H])c2[2H])(c2c([2H])c([2H])c([2H])c([2H])c2[2H])c2c([2H])c([2H])c([2H])c([2H])c2-c2c([2H])c3c4c(c2[2H])-c2c([2H])c([2H])c([2H])c([2H])c2OB4c2c([2H])c([2H])c([2H])c(-n4c5c([2H])c([2H])c([2H])c([2H])c5c5c([2H])c([2H])c([2H])c([2H])c54)c2O3)c([2H])c1[2H]. The van der Waals surface area contributed by atoms with E-state index in [1.165, 1.54) is 0 Å². The summed E-state index contributed by atoms with van der Waals surface area (Å²) in [6.45, 7) is -2.22. The van der Waals surface area contributed by atoms with Crippen molar-refractivity contribution in [3.8, 4) is 45.2 Å². The zero-order chi connectivity index (χ0) is 70.2. The standard InChI is InChI=1S/C54H36BNO2Si/c1-4-19-38(20-5-1)59(39-21-6-2-7-22-39,40-23-8-3-9-24-40)52-34-17-13-25-41(52)37-35-45-44-28-12-16-33-50(44)58-55-46-29-18-32-49(54(46)57-51(36-37)53(45)55)56-47-30-14-10-26-42(47)43-27-11-15-31-48(43)56/h1-36H/i1D,2D,3D,4D,5D,6D,7D,8D,9D,10D,11D,12D,13D,14D,15D,16D,17D,18D,19D,20D,21D,22D,23D,24D,25D,26D,27D,28D,29D,30D,31D,32D,33D,34D,35D,36D. The first-order valence-corrected chi connectivity index (χ1v) is 19.3. The number of hydrogen-bond acceptors (Lipinski definition) is 2. The highest BCUT2D eigenvalue weighted by atomic mass is 28.3. The highest BCUT2D eigenvalue weighted by Gasteiger charge is 2.45. The van der Waals surface area contributed by atoms with Gasteiger partial charge in [-0.05, 0) is 73.7 Å². The van der Waals surface area contributed by atoms with E-state index < -0.39 is 331 Å². The molecule has 0 amide bonds. The molecule has 1 aromatic heterocycles. The number of para-hydroxylation sites is 4. The fraction of sp³-hybridized carbons (Fsp3) is 0. The number of nitrogens with zero attached hydrogens (tertiary/aromatic N) is 1. The van der Waals surface area contributed by atoms with Crippen molar-refractivity contribution in [3.63, 3.8) is 0 Å². The molecule has 0 N–H and O–H groups in total. The largest absolute Gasteiger partial charge is 0.551 e. The van der Waals surface area contributed by atoms with Crippen LogP contribution in [0.1, 0.15) is 49.3 Å². The van der Waals surface area contributed by atoms with Crippen molar-refractivity contribution < 1.29 is 58.7 Å². The van der Waals surface area contributed by atoms with Gasteiger partial charge in [-0.2, -0.15) is 0 Å². The van der Waals surface area contributed by atoms with Gasteiger partial charge in [0.15, 0.2) is 8.07 Å². The molecule has 3 nitrogen and oxygen atoms in total. The van der Waals surface area contributed by atoms with E-state index in [2.05, 4.69) is 0 Å². The minimum Gasteiger partial charge on any atom is -0.551 e. The molecule has 3 heterocycles. The van der Waals surface area contributed by atoms with Crippen LogP contribution in [-0.2, 0) is 0 Å². The van der Waals surface area contributed by atoms with Gasteiger partial charge in [0.1, 0.15) is 17.2 Å². The second-order valence-corrected chi connectivity index (χ2v) is 16.3. The third-order valence-electron chi connectivity index (χ3n) is 9.90. The first kappa shape index (κ1) is 13.6. The quantitative estimate of drug-likeness (QED) is 0.124. The minimum atomic E-state index is -6.77. The smallest absolute Gasteiger partial charge is 0.434 e. The molecular formula is C54H36BNO2Si. The number of hydrogen-bond donors (Lipinski definition) is 0. The van der Waals surface area contributed by atoms with Gasteiger partial charge >= 0.3 is 6.92 Å². The third kappa shape index (κ3) is 5.02. The molecule has 2 aliphatic heterocycles. The van der Waals surface area contributed by atoms with E-state index in [0.29, 0.717) is 4.57 Å². The minimum absolute atomic E-state index is 0.581. The van der Waals surface area contributed by atoms with Crippen LogP contribution >= 0.6 is 0 Å². The van der Waals surface area contributed by atoms with Crippen LogP contribution in [0.2, 0.25) is 0 Å². The van der Waals surface area contributed by atoms with Gasteiger partial charge in [-0.3, -0.25) is 0 Å². The monoisotopic (exact) mass is 805 g/mol. The molecular weight excluding hydrogens is 733 g/mol. The third-order valence-corrected chi connectivity index (χ3v) is 14.0. The van der Waals surface area contributed by atoms with Crippen LogP contribution in [0.15, 0.2) is 218 Å². The van der Waals surface area contributed by atoms with Gasteiger partial charge in [0.25, 0.3) is 0 Å². The molecule has 5 heteroatoms. The highest BCUT2D eigenvalue weighted by Crippen LogP contribution is 2.44. The predicted molar refractivity (Wildman–Crippen MR) is 247 cm³/mol. The molecule has 0 aliphatic carbocycles. The lowest BCUT2D eigenvalue weighted by Crippen LogP contribution is -2.75. The first-order chi connectivity index (χ1) is 44.2. The Labute approximate surface area is 395 Å². The van der Waals surface area contributed by atoms with Gasteiger partial charge in [0, 0.05) is 27.3 Å². The molecule has 276 valence electrons. The van der Waals surface area contributed by atoms with Gasteiger partial charge in [0.05, 0.1) is 66.1 Å². The van der Waals surface area contributed by atoms with Gasteiger partial charge in [-0.25, -0.2) is 0 Å². The fourth-order valence-corrected chi connectivity index (χ4v) is 11.4. The van der Waals surface area contributed by atoms with Gasteiger partial charge in [-0.1, -0.05) is 181 Å². The topological polar surface area (TPSA) is 23.4 Å². The number of fused-ring (bicyclic) bond motifs is 7. The van der Waals surface area contributed by atoms with Crippen molar-refractivity contribution in [3.05, 3.63) is 218 Å². The maximum Gasteiger partial charge on any atom is 0.434 e. The molecule has 0 saturated carbocycles. The van der Waals surface area contributed by atoms with Crippen LogP contribution in [0, 0.1) is 0 Å². The molecule has 0 fully saturated rings. The lowest BCUT2D eigenvalue weighted by molar-refractivity contribution is 0.478. The Balaban J connectivity index is 1.39. The predicted octanol–water partition coefficient (Wildman–Crippen LogP) is 9.10. The van der Waals surface area contributed by atoms with Crippen LogP contribution in [0.25, 0.3) is 49.7 Å². The summed E-state index contributed by atoms with van der Waals surface area (Å²) in [5.74, 6) is -2.87. The first-order valence-electron chi connectivity index (χ1n) is 35.3. The molecule has 0 saturated heterocycles. The van der Waals surface area contributed by atoms with E-state index in [0.717, 1.165) is 0 Å². The summed E-state index contributed by atoms with van der Waals surface area (Å²) >= 11 is 0. The molecule has 0 unspecified atom stereocenters. The average Bonchev–Trinajstić information content (AvgIpc) is 1.18. The molecule has 0 spiro atoms. The molecule has 0 bridgehead atoms. The Morgan fingerprint density at radius 1 is 0.458 bits per heavy atom. The van der Waals surface area contributed by atoms with Crippen molar-refractivity contribution in [1.29, 1.82) is 0 Å². The Morgan fingerprint density at radius 2 is 1.00 bits per heavy atom. The van der Waals surface area contributed by atoms with Crippen LogP contribution in [-0.4, -0.2) is 19.6 Å². The summed E-state index contributed by atoms with van der Waals surface area (Å²) in [5, 5.41) is -6.35. The summed E-state index contributed by atoms with van der Waals surface area (Å²) in [4.78, 5) is 0. The van der Waals surface area contributed by atoms with Crippen LogP contribution < -0.4 is 41.1 Å². The highest BCUT2D eigenvalue weighted by molar-refractivity contribution is 7.20. The molecule has 10 aromatic rings. The van der Waals surface area contributed by atoms with Crippen molar-refractivity contribution in [2.75, 3.05) is 0 Å². The second-order valence-electron chi connectivity index (χ2n) is 12.8. The maximum absolute atomic E-state index is 10.5. The lowest BCUT2D eigenvalue weighted by Gasteiger charge is -2.37. The fourth-order valence-electron chi connectivity index (χ4n) is 7.55. The average molecular weight is 806 g/mol. The van der Waals surface area contributed by atoms with Crippen molar-refractivity contribution in [2.45, 2.75) is 0 Å². The molecule has 2 aliphatic rings. The van der Waals surface area contributed by atoms with Crippen molar-refractivity contribution >= 4 is 68.5 Å². The van der Waals surface area contributed by atoms with Gasteiger partial charge in [0.2, 0.25) is 0 Å². The normalized spacial score (nSPS) is 21.2. The van der Waals surface area contributed by atoms with E-state index in [4.69, 9.17) is 32.7 Å². The van der Waals surface area contributed by atoms with E-state index in [1.807, 2.05) is 0 Å². The summed E-state index contributed by atoms with van der Waals surface area (Å²) < 4.78 is 350. The molecule has 59 heavy (non-hydrogen) atoms. The van der Waals surface area contributed by atoms with Crippen molar-refractivity contribution in [2.24, 2.45) is 0 Å². The van der Waals surface area contributed by atoms with E-state index >= 15 is 0 Å². The van der Waals surface area contributed by atoms with Crippen LogP contribution in [0.4, 0.5) is 0 Å². The van der Waals surface area contributed by atoms with Crippen LogP contribution in [0.5, 0.6) is 17.2 Å². The summed E-state index contributed by atoms with van der Waals surface area (Å²) in [6, 6.07) is -42.7. The van der Waals surface area contributed by atoms with E-state index in [9.17, 15) is 26.0 Å². The number of rotatable bonds is 6. The van der Waals surface area contributed by atoms with Gasteiger partial charge in [-0.15, -0.1) is 0 Å².